The summed E-state index contributed by atoms with van der Waals surface area (Å²) in [5, 5.41) is 19.3. The molecule has 2 aromatic carbocycles. The molecule has 0 atom stereocenters. The Balaban J connectivity index is 2.20. The number of hydrogen-bond donors (Lipinski definition) is 1. The molecule has 124 valence electrons. The molecule has 0 aliphatic carbocycles. The Morgan fingerprint density at radius 1 is 1.08 bits per heavy atom. The molecule has 0 amide bonds. The molecule has 3 rings (SSSR count). The number of benzene rings is 2. The zero-order valence-corrected chi connectivity index (χ0v) is 15.3. The summed E-state index contributed by atoms with van der Waals surface area (Å²) in [6.07, 6.45) is 0. The first-order valence-corrected chi connectivity index (χ1v) is 8.38. The summed E-state index contributed by atoms with van der Waals surface area (Å²) in [5.41, 5.74) is 4.50. The predicted octanol–water partition coefficient (Wildman–Crippen LogP) is 5.07. The van der Waals surface area contributed by atoms with Crippen LogP contribution in [0, 0.1) is 18.3 Å². The zero-order valence-electron chi connectivity index (χ0n) is 13.7. The van der Waals surface area contributed by atoms with Crippen LogP contribution in [0.2, 0.25) is 0 Å². The summed E-state index contributed by atoms with van der Waals surface area (Å²) >= 11 is 3.43. The number of hydrogen-bond acceptors (Lipinski definition) is 4. The summed E-state index contributed by atoms with van der Waals surface area (Å²) in [5.74, 6) is 0.455. The van der Waals surface area contributed by atoms with Crippen LogP contribution in [0.5, 0.6) is 11.5 Å². The fourth-order valence-corrected chi connectivity index (χ4v) is 2.92. The third kappa shape index (κ3) is 3.35. The smallest absolute Gasteiger partial charge is 0.161 e. The van der Waals surface area contributed by atoms with Gasteiger partial charge in [-0.3, -0.25) is 4.98 Å². The minimum absolute atomic E-state index is 0.0738. The predicted molar refractivity (Wildman–Crippen MR) is 100 cm³/mol. The fraction of sp³-hybridized carbons (Fsp3) is 0.100. The van der Waals surface area contributed by atoms with E-state index in [1.54, 1.807) is 18.2 Å². The molecule has 1 N–H and O–H groups in total. The first-order valence-electron chi connectivity index (χ1n) is 7.58. The van der Waals surface area contributed by atoms with Gasteiger partial charge in [0.2, 0.25) is 0 Å². The lowest BCUT2D eigenvalue weighted by Gasteiger charge is -2.12. The number of pyridine rings is 1. The molecule has 3 aromatic rings. The van der Waals surface area contributed by atoms with Gasteiger partial charge >= 0.3 is 0 Å². The van der Waals surface area contributed by atoms with Crippen LogP contribution in [0.3, 0.4) is 0 Å². The lowest BCUT2D eigenvalue weighted by atomic mass is 9.97. The molecule has 0 fully saturated rings. The molecule has 1 heterocycles. The molecule has 4 nitrogen and oxygen atoms in total. The number of ether oxygens (including phenoxy) is 1. The Morgan fingerprint density at radius 3 is 2.40 bits per heavy atom. The third-order valence-corrected chi connectivity index (χ3v) is 4.47. The van der Waals surface area contributed by atoms with Crippen molar-refractivity contribution in [1.29, 1.82) is 5.26 Å². The normalized spacial score (nSPS) is 10.3. The van der Waals surface area contributed by atoms with E-state index in [0.717, 1.165) is 21.2 Å². The van der Waals surface area contributed by atoms with Crippen molar-refractivity contribution in [3.63, 3.8) is 0 Å². The molecule has 0 saturated carbocycles. The summed E-state index contributed by atoms with van der Waals surface area (Å²) < 4.78 is 6.15. The molecule has 1 aromatic heterocycles. The Bertz CT molecular complexity index is 976. The Labute approximate surface area is 154 Å². The van der Waals surface area contributed by atoms with E-state index in [1.807, 2.05) is 37.3 Å². The van der Waals surface area contributed by atoms with Crippen LogP contribution in [-0.4, -0.2) is 17.2 Å². The Morgan fingerprint density at radius 2 is 1.76 bits per heavy atom. The van der Waals surface area contributed by atoms with Gasteiger partial charge in [0.05, 0.1) is 24.1 Å². The van der Waals surface area contributed by atoms with E-state index in [1.165, 1.54) is 7.11 Å². The molecule has 25 heavy (non-hydrogen) atoms. The van der Waals surface area contributed by atoms with E-state index in [0.29, 0.717) is 22.7 Å². The van der Waals surface area contributed by atoms with Crippen LogP contribution < -0.4 is 4.74 Å². The van der Waals surface area contributed by atoms with Crippen molar-refractivity contribution in [2.45, 2.75) is 6.92 Å². The van der Waals surface area contributed by atoms with Crippen LogP contribution in [-0.2, 0) is 0 Å². The third-order valence-electron chi connectivity index (χ3n) is 3.94. The molecular formula is C20H15BrN2O2. The van der Waals surface area contributed by atoms with E-state index in [2.05, 4.69) is 27.0 Å². The van der Waals surface area contributed by atoms with Crippen LogP contribution in [0.25, 0.3) is 22.4 Å². The summed E-state index contributed by atoms with van der Waals surface area (Å²) in [7, 11) is 1.50. The second kappa shape index (κ2) is 6.96. The molecule has 0 aliphatic heterocycles. The van der Waals surface area contributed by atoms with Crippen LogP contribution >= 0.6 is 15.9 Å². The van der Waals surface area contributed by atoms with E-state index in [9.17, 15) is 10.4 Å². The van der Waals surface area contributed by atoms with Gasteiger partial charge < -0.3 is 9.84 Å². The molecule has 0 spiro atoms. The van der Waals surface area contributed by atoms with Gasteiger partial charge in [0.25, 0.3) is 0 Å². The average molecular weight is 395 g/mol. The molecule has 0 aliphatic rings. The summed E-state index contributed by atoms with van der Waals surface area (Å²) in [6, 6.07) is 17.0. The van der Waals surface area contributed by atoms with Crippen molar-refractivity contribution >= 4 is 15.9 Å². The first kappa shape index (κ1) is 17.0. The number of aromatic hydroxyl groups is 1. The monoisotopic (exact) mass is 394 g/mol. The van der Waals surface area contributed by atoms with Crippen molar-refractivity contribution < 1.29 is 9.84 Å². The Hall–Kier alpha value is -2.84. The number of halogens is 1. The van der Waals surface area contributed by atoms with Crippen molar-refractivity contribution in [3.05, 3.63) is 64.3 Å². The van der Waals surface area contributed by atoms with E-state index in [4.69, 9.17) is 4.74 Å². The fourth-order valence-electron chi connectivity index (χ4n) is 2.66. The molecule has 0 radical (unpaired) electrons. The number of phenolic OH excluding ortho intramolecular Hbond substituents is 1. The lowest BCUT2D eigenvalue weighted by Crippen LogP contribution is -1.96. The van der Waals surface area contributed by atoms with Crippen LogP contribution in [0.4, 0.5) is 0 Å². The maximum absolute atomic E-state index is 9.78. The average Bonchev–Trinajstić information content (AvgIpc) is 2.62. The second-order valence-electron chi connectivity index (χ2n) is 5.52. The van der Waals surface area contributed by atoms with Crippen molar-refractivity contribution in [2.75, 3.05) is 7.11 Å². The highest BCUT2D eigenvalue weighted by molar-refractivity contribution is 9.10. The summed E-state index contributed by atoms with van der Waals surface area (Å²) in [6.45, 7) is 1.82. The van der Waals surface area contributed by atoms with Crippen LogP contribution in [0.15, 0.2) is 53.0 Å². The largest absolute Gasteiger partial charge is 0.504 e. The van der Waals surface area contributed by atoms with Crippen molar-refractivity contribution in [1.82, 2.24) is 4.98 Å². The van der Waals surface area contributed by atoms with Crippen LogP contribution in [0.1, 0.15) is 11.3 Å². The quantitative estimate of drug-likeness (QED) is 0.672. The van der Waals surface area contributed by atoms with E-state index < -0.39 is 0 Å². The highest BCUT2D eigenvalue weighted by atomic mass is 79.9. The number of aromatic nitrogens is 1. The molecule has 5 heteroatoms. The molecule has 0 saturated heterocycles. The standard InChI is InChI=1S/C20H15BrN2O2/c1-12-17(11-22)16(13-3-6-15(21)7-4-13)10-18(23-12)14-5-8-19(24)20(9-14)25-2/h3-10,24H,1-2H3. The number of phenols is 1. The minimum atomic E-state index is 0.0738. The SMILES string of the molecule is COc1cc(-c2cc(-c3ccc(Br)cc3)c(C#N)c(C)n2)ccc1O. The van der Waals surface area contributed by atoms with Gasteiger partial charge in [0.1, 0.15) is 6.07 Å². The van der Waals surface area contributed by atoms with Gasteiger partial charge in [-0.15, -0.1) is 0 Å². The number of nitrogens with zero attached hydrogens (tertiary/aromatic N) is 2. The molecule has 0 bridgehead atoms. The lowest BCUT2D eigenvalue weighted by molar-refractivity contribution is 0.373. The van der Waals surface area contributed by atoms with Gasteiger partial charge in [-0.1, -0.05) is 28.1 Å². The first-order chi connectivity index (χ1) is 12.0. The topological polar surface area (TPSA) is 66.1 Å². The molecular weight excluding hydrogens is 380 g/mol. The zero-order chi connectivity index (χ0) is 18.0. The minimum Gasteiger partial charge on any atom is -0.504 e. The number of rotatable bonds is 3. The van der Waals surface area contributed by atoms with Gasteiger partial charge in [0, 0.05) is 15.6 Å². The highest BCUT2D eigenvalue weighted by Crippen LogP contribution is 2.34. The van der Waals surface area contributed by atoms with Gasteiger partial charge in [-0.2, -0.15) is 5.26 Å². The van der Waals surface area contributed by atoms with Crippen molar-refractivity contribution in [2.24, 2.45) is 0 Å². The van der Waals surface area contributed by atoms with E-state index >= 15 is 0 Å². The maximum atomic E-state index is 9.78. The van der Waals surface area contributed by atoms with Gasteiger partial charge in [-0.25, -0.2) is 0 Å². The van der Waals surface area contributed by atoms with Gasteiger partial charge in [-0.05, 0) is 48.9 Å². The molecule has 0 unspecified atom stereocenters. The summed E-state index contributed by atoms with van der Waals surface area (Å²) in [4.78, 5) is 4.55. The van der Waals surface area contributed by atoms with E-state index in [-0.39, 0.29) is 5.75 Å². The van der Waals surface area contributed by atoms with Gasteiger partial charge in [0.15, 0.2) is 11.5 Å². The number of methoxy groups -OCH3 is 1. The number of nitriles is 1. The second-order valence-corrected chi connectivity index (χ2v) is 6.44. The van der Waals surface area contributed by atoms with Crippen molar-refractivity contribution in [3.8, 4) is 40.0 Å². The Kier molecular flexibility index (Phi) is 4.73. The highest BCUT2D eigenvalue weighted by Gasteiger charge is 2.14. The maximum Gasteiger partial charge on any atom is 0.161 e. The number of aryl methyl sites for hydroxylation is 1.